The van der Waals surface area contributed by atoms with Crippen LogP contribution in [-0.2, 0) is 4.79 Å². The minimum absolute atomic E-state index is 0.145. The van der Waals surface area contributed by atoms with Gasteiger partial charge in [-0.1, -0.05) is 13.8 Å². The van der Waals surface area contributed by atoms with Crippen LogP contribution in [0.5, 0.6) is 0 Å². The molecule has 3 nitrogen and oxygen atoms in total. The predicted molar refractivity (Wildman–Crippen MR) is 84.1 cm³/mol. The number of aliphatic hydroxyl groups is 2. The van der Waals surface area contributed by atoms with Crippen LogP contribution in [-0.4, -0.2) is 28.2 Å². The molecule has 4 rings (SSSR count). The lowest BCUT2D eigenvalue weighted by atomic mass is 9.44. The molecule has 0 aromatic heterocycles. The predicted octanol–water partition coefficient (Wildman–Crippen LogP) is 2.93. The third-order valence-electron chi connectivity index (χ3n) is 8.28. The maximum atomic E-state index is 12.4. The van der Waals surface area contributed by atoms with E-state index in [2.05, 4.69) is 13.8 Å². The minimum atomic E-state index is -0.337. The van der Waals surface area contributed by atoms with Gasteiger partial charge in [0.15, 0.2) is 0 Å². The largest absolute Gasteiger partial charge is 0.393 e. The first kappa shape index (κ1) is 15.1. The molecular formula is C19H30O3. The fourth-order valence-electron chi connectivity index (χ4n) is 7.13. The van der Waals surface area contributed by atoms with Gasteiger partial charge in [-0.05, 0) is 74.0 Å². The molecule has 0 aromatic carbocycles. The lowest BCUT2D eigenvalue weighted by Gasteiger charge is -2.61. The Balaban J connectivity index is 1.69. The van der Waals surface area contributed by atoms with Gasteiger partial charge in [0.05, 0.1) is 12.2 Å². The van der Waals surface area contributed by atoms with Gasteiger partial charge in [-0.3, -0.25) is 4.79 Å². The average Bonchev–Trinajstić information content (AvgIpc) is 2.75. The lowest BCUT2D eigenvalue weighted by Crippen LogP contribution is -2.59. The summed E-state index contributed by atoms with van der Waals surface area (Å²) in [7, 11) is 0. The summed E-state index contributed by atoms with van der Waals surface area (Å²) in [5, 5.41) is 21.0. The summed E-state index contributed by atoms with van der Waals surface area (Å²) in [6.07, 6.45) is 7.08. The molecule has 4 fully saturated rings. The molecule has 4 aliphatic rings. The molecule has 0 heterocycles. The van der Waals surface area contributed by atoms with Crippen LogP contribution in [0.2, 0.25) is 0 Å². The van der Waals surface area contributed by atoms with Gasteiger partial charge in [0, 0.05) is 11.8 Å². The second kappa shape index (κ2) is 4.80. The van der Waals surface area contributed by atoms with Gasteiger partial charge >= 0.3 is 0 Å². The first-order valence-corrected chi connectivity index (χ1v) is 9.25. The van der Waals surface area contributed by atoms with Crippen molar-refractivity contribution in [3.05, 3.63) is 0 Å². The molecule has 3 heteroatoms. The van der Waals surface area contributed by atoms with Gasteiger partial charge in [-0.25, -0.2) is 0 Å². The smallest absolute Gasteiger partial charge is 0.139 e. The van der Waals surface area contributed by atoms with E-state index in [0.29, 0.717) is 35.9 Å². The summed E-state index contributed by atoms with van der Waals surface area (Å²) in [5.74, 6) is 2.27. The molecule has 0 aromatic rings. The zero-order valence-corrected chi connectivity index (χ0v) is 13.9. The van der Waals surface area contributed by atoms with E-state index in [9.17, 15) is 15.0 Å². The van der Waals surface area contributed by atoms with Crippen molar-refractivity contribution in [2.45, 2.75) is 77.4 Å². The van der Waals surface area contributed by atoms with Crippen molar-refractivity contribution >= 4 is 5.78 Å². The number of ketones is 1. The minimum Gasteiger partial charge on any atom is -0.393 e. The standard InChI is InChI=1S/C19H30O3/c1-18-8-7-12(20)9-11(18)3-4-13-14-5-6-16(22)19(14,2)10-15(21)17(13)18/h11-15,17,20-21H,3-10H2,1-2H3/t11-,12+,13?,14-,15-,17+,18-,19-/m0/s1. The number of hydrogen-bond donors (Lipinski definition) is 2. The van der Waals surface area contributed by atoms with Crippen molar-refractivity contribution in [1.82, 2.24) is 0 Å². The van der Waals surface area contributed by atoms with Crippen LogP contribution in [0, 0.1) is 34.5 Å². The van der Waals surface area contributed by atoms with Crippen molar-refractivity contribution in [3.63, 3.8) is 0 Å². The van der Waals surface area contributed by atoms with Crippen molar-refractivity contribution in [3.8, 4) is 0 Å². The number of Topliss-reactive ketones (excluding diaryl/α,β-unsaturated/α-hetero) is 1. The molecular weight excluding hydrogens is 276 g/mol. The molecule has 0 bridgehead atoms. The van der Waals surface area contributed by atoms with E-state index in [1.54, 1.807) is 0 Å². The molecule has 8 atom stereocenters. The Hall–Kier alpha value is -0.410. The highest BCUT2D eigenvalue weighted by molar-refractivity contribution is 5.87. The number of carbonyl (C=O) groups excluding carboxylic acids is 1. The van der Waals surface area contributed by atoms with Crippen LogP contribution >= 0.6 is 0 Å². The second-order valence-corrected chi connectivity index (χ2v) is 9.16. The fraction of sp³-hybridized carbons (Fsp3) is 0.947. The van der Waals surface area contributed by atoms with Gasteiger partial charge in [0.2, 0.25) is 0 Å². The normalized spacial score (nSPS) is 57.9. The summed E-state index contributed by atoms with van der Waals surface area (Å²) >= 11 is 0. The number of fused-ring (bicyclic) bond motifs is 5. The number of rotatable bonds is 0. The Labute approximate surface area is 133 Å². The van der Waals surface area contributed by atoms with E-state index in [1.807, 2.05) is 0 Å². The second-order valence-electron chi connectivity index (χ2n) is 9.16. The van der Waals surface area contributed by atoms with E-state index in [-0.39, 0.29) is 23.0 Å². The molecule has 0 spiro atoms. The Bertz CT molecular complexity index is 489. The van der Waals surface area contributed by atoms with Crippen LogP contribution in [0.3, 0.4) is 0 Å². The van der Waals surface area contributed by atoms with Crippen molar-refractivity contribution in [2.24, 2.45) is 34.5 Å². The highest BCUT2D eigenvalue weighted by Gasteiger charge is 2.63. The Kier molecular flexibility index (Phi) is 3.30. The number of carbonyl (C=O) groups is 1. The maximum absolute atomic E-state index is 12.4. The third kappa shape index (κ3) is 1.84. The van der Waals surface area contributed by atoms with E-state index in [0.717, 1.165) is 38.5 Å². The van der Waals surface area contributed by atoms with Crippen LogP contribution in [0.25, 0.3) is 0 Å². The first-order chi connectivity index (χ1) is 10.4. The zero-order chi connectivity index (χ0) is 15.7. The summed E-state index contributed by atoms with van der Waals surface area (Å²) in [5.41, 5.74) is -0.105. The topological polar surface area (TPSA) is 57.5 Å². The van der Waals surface area contributed by atoms with E-state index < -0.39 is 0 Å². The Morgan fingerprint density at radius 3 is 2.64 bits per heavy atom. The van der Waals surface area contributed by atoms with Crippen LogP contribution in [0.4, 0.5) is 0 Å². The van der Waals surface area contributed by atoms with E-state index in [4.69, 9.17) is 0 Å². The lowest BCUT2D eigenvalue weighted by molar-refractivity contribution is -0.175. The molecule has 0 amide bonds. The van der Waals surface area contributed by atoms with Gasteiger partial charge in [0.1, 0.15) is 5.78 Å². The maximum Gasteiger partial charge on any atom is 0.139 e. The number of aliphatic hydroxyl groups excluding tert-OH is 2. The molecule has 0 aliphatic heterocycles. The van der Waals surface area contributed by atoms with Crippen molar-refractivity contribution in [1.29, 1.82) is 0 Å². The van der Waals surface area contributed by atoms with E-state index in [1.165, 1.54) is 6.42 Å². The van der Waals surface area contributed by atoms with Crippen molar-refractivity contribution in [2.75, 3.05) is 0 Å². The summed E-state index contributed by atoms with van der Waals surface area (Å²) in [6, 6.07) is 0. The first-order valence-electron chi connectivity index (χ1n) is 9.25. The van der Waals surface area contributed by atoms with Crippen LogP contribution in [0.1, 0.15) is 65.2 Å². The van der Waals surface area contributed by atoms with Gasteiger partial charge in [-0.15, -0.1) is 0 Å². The molecule has 0 radical (unpaired) electrons. The average molecular weight is 306 g/mol. The fourth-order valence-corrected chi connectivity index (χ4v) is 7.13. The summed E-state index contributed by atoms with van der Waals surface area (Å²) in [4.78, 5) is 12.4. The van der Waals surface area contributed by atoms with Crippen LogP contribution < -0.4 is 0 Å². The monoisotopic (exact) mass is 306 g/mol. The SMILES string of the molecule is C[C@]12CC[C@@H](O)C[C@@H]1CCC1[C@@H]2[C@@H](O)C[C@]2(C)C(=O)CC[C@@H]12. The molecule has 0 saturated heterocycles. The number of hydrogen-bond acceptors (Lipinski definition) is 3. The van der Waals surface area contributed by atoms with Gasteiger partial charge in [-0.2, -0.15) is 0 Å². The van der Waals surface area contributed by atoms with Crippen LogP contribution in [0.15, 0.2) is 0 Å². The molecule has 4 aliphatic carbocycles. The summed E-state index contributed by atoms with van der Waals surface area (Å²) < 4.78 is 0. The Morgan fingerprint density at radius 2 is 1.86 bits per heavy atom. The molecule has 124 valence electrons. The molecule has 22 heavy (non-hydrogen) atoms. The van der Waals surface area contributed by atoms with Gasteiger partial charge < -0.3 is 10.2 Å². The molecule has 4 saturated carbocycles. The van der Waals surface area contributed by atoms with Crippen molar-refractivity contribution < 1.29 is 15.0 Å². The Morgan fingerprint density at radius 1 is 1.09 bits per heavy atom. The molecule has 2 N–H and O–H groups in total. The van der Waals surface area contributed by atoms with E-state index >= 15 is 0 Å². The van der Waals surface area contributed by atoms with Gasteiger partial charge in [0.25, 0.3) is 0 Å². The summed E-state index contributed by atoms with van der Waals surface area (Å²) in [6.45, 7) is 4.48. The zero-order valence-electron chi connectivity index (χ0n) is 13.9. The highest BCUT2D eigenvalue weighted by atomic mass is 16.3. The highest BCUT2D eigenvalue weighted by Crippen LogP contribution is 2.65. The third-order valence-corrected chi connectivity index (χ3v) is 8.28. The molecule has 1 unspecified atom stereocenters. The quantitative estimate of drug-likeness (QED) is 0.723.